The van der Waals surface area contributed by atoms with Crippen molar-refractivity contribution in [2.75, 3.05) is 26.5 Å². The summed E-state index contributed by atoms with van der Waals surface area (Å²) in [5.74, 6) is -2.09. The van der Waals surface area contributed by atoms with E-state index in [2.05, 4.69) is 10.3 Å². The minimum Gasteiger partial charge on any atom is -0.481 e. The highest BCUT2D eigenvalue weighted by Crippen LogP contribution is 2.26. The van der Waals surface area contributed by atoms with Gasteiger partial charge in [0.2, 0.25) is 0 Å². The average molecular weight is 504 g/mol. The minimum atomic E-state index is -0.879. The van der Waals surface area contributed by atoms with Gasteiger partial charge >= 0.3 is 11.9 Å². The molecule has 3 rings (SSSR count). The lowest BCUT2D eigenvalue weighted by molar-refractivity contribution is -0.137. The Morgan fingerprint density at radius 3 is 2.30 bits per heavy atom. The van der Waals surface area contributed by atoms with Crippen molar-refractivity contribution >= 4 is 29.4 Å². The monoisotopic (exact) mass is 503 g/mol. The van der Waals surface area contributed by atoms with Crippen molar-refractivity contribution < 1.29 is 29.0 Å². The van der Waals surface area contributed by atoms with E-state index in [4.69, 9.17) is 9.84 Å². The Balaban J connectivity index is 1.94. The summed E-state index contributed by atoms with van der Waals surface area (Å²) in [6.07, 6.45) is 0.949. The number of nitrogens with one attached hydrogen (secondary N) is 1. The molecule has 3 aromatic rings. The summed E-state index contributed by atoms with van der Waals surface area (Å²) >= 11 is 0. The predicted octanol–water partition coefficient (Wildman–Crippen LogP) is 4.21. The Kier molecular flexibility index (Phi) is 8.73. The van der Waals surface area contributed by atoms with E-state index in [-0.39, 0.29) is 12.3 Å². The van der Waals surface area contributed by atoms with E-state index in [1.807, 2.05) is 6.92 Å². The molecule has 0 saturated heterocycles. The number of ether oxygens (including phenoxy) is 1. The average Bonchev–Trinajstić information content (AvgIpc) is 2.88. The predicted molar refractivity (Wildman–Crippen MR) is 139 cm³/mol. The summed E-state index contributed by atoms with van der Waals surface area (Å²) in [6, 6.07) is 15.1. The van der Waals surface area contributed by atoms with Crippen molar-refractivity contribution in [3.63, 3.8) is 0 Å². The second kappa shape index (κ2) is 11.9. The van der Waals surface area contributed by atoms with Gasteiger partial charge in [-0.15, -0.1) is 0 Å². The van der Waals surface area contributed by atoms with E-state index in [1.54, 1.807) is 68.7 Å². The number of hydrogen-bond acceptors (Lipinski definition) is 6. The number of benzene rings is 2. The topological polar surface area (TPSA) is 126 Å². The number of hydrogen-bond donors (Lipinski definition) is 2. The molecule has 9 heteroatoms. The van der Waals surface area contributed by atoms with Crippen LogP contribution in [0.5, 0.6) is 0 Å². The lowest BCUT2D eigenvalue weighted by Gasteiger charge is -2.17. The third-order valence-corrected chi connectivity index (χ3v) is 5.68. The summed E-state index contributed by atoms with van der Waals surface area (Å²) in [5.41, 5.74) is 3.88. The van der Waals surface area contributed by atoms with Crippen molar-refractivity contribution in [1.82, 2.24) is 9.88 Å². The number of carboxylic acids is 1. The Morgan fingerprint density at radius 1 is 0.973 bits per heavy atom. The maximum absolute atomic E-state index is 13.4. The molecule has 2 amide bonds. The van der Waals surface area contributed by atoms with Crippen molar-refractivity contribution in [3.05, 3.63) is 82.5 Å². The highest BCUT2D eigenvalue weighted by atomic mass is 16.5. The number of nitrogens with zero attached hydrogens (tertiary/aromatic N) is 2. The van der Waals surface area contributed by atoms with E-state index in [0.717, 1.165) is 5.56 Å². The molecule has 0 aliphatic heterocycles. The van der Waals surface area contributed by atoms with Crippen LogP contribution in [0.2, 0.25) is 0 Å². The number of carbonyl (C=O) groups is 4. The third kappa shape index (κ3) is 6.78. The molecule has 0 bridgehead atoms. The summed E-state index contributed by atoms with van der Waals surface area (Å²) in [7, 11) is 4.54. The summed E-state index contributed by atoms with van der Waals surface area (Å²) in [4.78, 5) is 54.9. The van der Waals surface area contributed by atoms with E-state index >= 15 is 0 Å². The van der Waals surface area contributed by atoms with E-state index in [0.29, 0.717) is 52.2 Å². The first kappa shape index (κ1) is 27.1. The van der Waals surface area contributed by atoms with E-state index < -0.39 is 17.8 Å². The van der Waals surface area contributed by atoms with Gasteiger partial charge in [0, 0.05) is 31.8 Å². The van der Waals surface area contributed by atoms with E-state index in [1.165, 1.54) is 12.0 Å². The quantitative estimate of drug-likeness (QED) is 0.419. The molecule has 1 aromatic heterocycles. The van der Waals surface area contributed by atoms with Crippen molar-refractivity contribution in [2.24, 2.45) is 0 Å². The number of anilines is 1. The molecule has 0 fully saturated rings. The number of carboxylic acid groups (broad SMARTS) is 1. The fraction of sp³-hybridized carbons (Fsp3) is 0.250. The second-order valence-corrected chi connectivity index (χ2v) is 8.70. The summed E-state index contributed by atoms with van der Waals surface area (Å²) in [6.45, 7) is 1.81. The molecule has 0 radical (unpaired) electrons. The second-order valence-electron chi connectivity index (χ2n) is 8.70. The number of aliphatic carboxylic acids is 1. The number of pyridine rings is 1. The van der Waals surface area contributed by atoms with Crippen LogP contribution in [0.25, 0.3) is 11.3 Å². The molecule has 0 saturated carbocycles. The van der Waals surface area contributed by atoms with Crippen LogP contribution in [-0.4, -0.2) is 59.9 Å². The molecular formula is C28H29N3O6. The van der Waals surface area contributed by atoms with Crippen molar-refractivity contribution in [1.29, 1.82) is 0 Å². The van der Waals surface area contributed by atoms with Gasteiger partial charge in [-0.2, -0.15) is 0 Å². The zero-order chi connectivity index (χ0) is 27.1. The minimum absolute atomic E-state index is 0.0270. The molecule has 192 valence electrons. The first-order valence-electron chi connectivity index (χ1n) is 11.6. The Labute approximate surface area is 215 Å². The van der Waals surface area contributed by atoms with Gasteiger partial charge in [-0.3, -0.25) is 19.4 Å². The lowest BCUT2D eigenvalue weighted by Crippen LogP contribution is -2.24. The Bertz CT molecular complexity index is 1330. The number of esters is 1. The third-order valence-electron chi connectivity index (χ3n) is 5.68. The highest BCUT2D eigenvalue weighted by Gasteiger charge is 2.20. The molecule has 2 aromatic carbocycles. The SMILES string of the molecule is COC(=O)c1ccc(-c2nc(C)ccc2C(=O)Nc2ccc(CCCC(=O)O)cc2C(=O)N(C)C)cc1. The van der Waals surface area contributed by atoms with E-state index in [9.17, 15) is 19.2 Å². The van der Waals surface area contributed by atoms with Crippen LogP contribution >= 0.6 is 0 Å². The van der Waals surface area contributed by atoms with Gasteiger partial charge in [0.1, 0.15) is 0 Å². The first-order chi connectivity index (χ1) is 17.6. The normalized spacial score (nSPS) is 10.5. The molecular weight excluding hydrogens is 474 g/mol. The maximum Gasteiger partial charge on any atom is 0.337 e. The van der Waals surface area contributed by atoms with Gasteiger partial charge in [-0.25, -0.2) is 4.79 Å². The summed E-state index contributed by atoms with van der Waals surface area (Å²) < 4.78 is 4.74. The van der Waals surface area contributed by atoms with Gasteiger partial charge < -0.3 is 20.1 Å². The largest absolute Gasteiger partial charge is 0.481 e. The van der Waals surface area contributed by atoms with Gasteiger partial charge in [-0.05, 0) is 61.7 Å². The van der Waals surface area contributed by atoms with Crippen LogP contribution in [0.4, 0.5) is 5.69 Å². The Morgan fingerprint density at radius 2 is 1.68 bits per heavy atom. The van der Waals surface area contributed by atoms with Crippen molar-refractivity contribution in [2.45, 2.75) is 26.2 Å². The molecule has 0 unspecified atom stereocenters. The smallest absolute Gasteiger partial charge is 0.337 e. The first-order valence-corrected chi connectivity index (χ1v) is 11.6. The standard InChI is InChI=1S/C28H29N3O6/c1-17-8-14-21(25(29-17)19-10-12-20(13-11-19)28(36)37-4)26(34)30-23-15-9-18(6-5-7-24(32)33)16-22(23)27(35)31(2)3/h8-16H,5-7H2,1-4H3,(H,30,34)(H,32,33). The van der Waals surface area contributed by atoms with Gasteiger partial charge in [0.25, 0.3) is 11.8 Å². The van der Waals surface area contributed by atoms with Crippen LogP contribution in [0.15, 0.2) is 54.6 Å². The fourth-order valence-electron chi connectivity index (χ4n) is 3.75. The fourth-order valence-corrected chi connectivity index (χ4v) is 3.75. The number of aromatic nitrogens is 1. The van der Waals surface area contributed by atoms with Gasteiger partial charge in [0.05, 0.1) is 35.2 Å². The zero-order valence-corrected chi connectivity index (χ0v) is 21.2. The molecule has 2 N–H and O–H groups in total. The van der Waals surface area contributed by atoms with Crippen LogP contribution in [0, 0.1) is 6.92 Å². The molecule has 0 atom stereocenters. The molecule has 9 nitrogen and oxygen atoms in total. The van der Waals surface area contributed by atoms with Crippen LogP contribution in [0.1, 0.15) is 55.2 Å². The number of aryl methyl sites for hydroxylation is 2. The molecule has 1 heterocycles. The number of methoxy groups -OCH3 is 1. The summed E-state index contributed by atoms with van der Waals surface area (Å²) in [5, 5.41) is 11.7. The molecule has 0 aliphatic carbocycles. The molecule has 0 spiro atoms. The zero-order valence-electron chi connectivity index (χ0n) is 21.2. The maximum atomic E-state index is 13.4. The highest BCUT2D eigenvalue weighted by molar-refractivity contribution is 6.11. The van der Waals surface area contributed by atoms with Crippen molar-refractivity contribution in [3.8, 4) is 11.3 Å². The number of rotatable bonds is 9. The van der Waals surface area contributed by atoms with Gasteiger partial charge in [0.15, 0.2) is 0 Å². The molecule has 0 aliphatic rings. The Hall–Kier alpha value is -4.53. The van der Waals surface area contributed by atoms with Crippen LogP contribution in [-0.2, 0) is 16.0 Å². The van der Waals surface area contributed by atoms with Gasteiger partial charge in [-0.1, -0.05) is 18.2 Å². The van der Waals surface area contributed by atoms with Crippen LogP contribution < -0.4 is 5.32 Å². The lowest BCUT2D eigenvalue weighted by atomic mass is 10.0. The molecule has 37 heavy (non-hydrogen) atoms. The number of amides is 2. The number of carbonyl (C=O) groups excluding carboxylic acids is 3. The van der Waals surface area contributed by atoms with Crippen LogP contribution in [0.3, 0.4) is 0 Å².